The molecule has 1 aliphatic heterocycles. The van der Waals surface area contributed by atoms with E-state index in [2.05, 4.69) is 10.2 Å². The van der Waals surface area contributed by atoms with Crippen LogP contribution in [0.2, 0.25) is 0 Å². The molecule has 0 bridgehead atoms. The third-order valence-corrected chi connectivity index (χ3v) is 5.63. The molecule has 32 heavy (non-hydrogen) atoms. The van der Waals surface area contributed by atoms with E-state index in [0.717, 1.165) is 23.3 Å². The van der Waals surface area contributed by atoms with Crippen molar-refractivity contribution in [1.29, 1.82) is 0 Å². The van der Waals surface area contributed by atoms with Gasteiger partial charge >= 0.3 is 6.18 Å². The zero-order valence-corrected chi connectivity index (χ0v) is 18.1. The Balaban J connectivity index is 1.43. The van der Waals surface area contributed by atoms with Crippen molar-refractivity contribution in [3.63, 3.8) is 0 Å². The Morgan fingerprint density at radius 1 is 0.906 bits per heavy atom. The average molecular weight is 448 g/mol. The fourth-order valence-corrected chi connectivity index (χ4v) is 3.75. The molecule has 1 unspecified atom stereocenters. The lowest BCUT2D eigenvalue weighted by molar-refractivity contribution is -0.137. The van der Waals surface area contributed by atoms with E-state index in [0.29, 0.717) is 39.1 Å². The summed E-state index contributed by atoms with van der Waals surface area (Å²) in [4.78, 5) is 28.6. The Labute approximate surface area is 186 Å². The number of benzene rings is 2. The monoisotopic (exact) mass is 447 g/mol. The summed E-state index contributed by atoms with van der Waals surface area (Å²) < 4.78 is 38.1. The first kappa shape index (κ1) is 23.9. The average Bonchev–Trinajstić information content (AvgIpc) is 2.75. The van der Waals surface area contributed by atoms with Crippen LogP contribution in [0, 0.1) is 0 Å². The number of nitrogens with one attached hydrogen (secondary N) is 1. The van der Waals surface area contributed by atoms with Gasteiger partial charge in [0.2, 0.25) is 5.91 Å². The van der Waals surface area contributed by atoms with Crippen molar-refractivity contribution in [1.82, 2.24) is 15.1 Å². The Morgan fingerprint density at radius 2 is 1.50 bits per heavy atom. The number of carbonyl (C=O) groups is 2. The second kappa shape index (κ2) is 10.7. The number of amides is 1. The molecule has 0 aliphatic carbocycles. The maximum Gasteiger partial charge on any atom is 0.416 e. The number of nitrogens with zero attached hydrogens (tertiary/aromatic N) is 2. The van der Waals surface area contributed by atoms with Gasteiger partial charge in [0.05, 0.1) is 18.2 Å². The number of halogens is 3. The Kier molecular flexibility index (Phi) is 8.04. The maximum atomic E-state index is 12.7. The minimum atomic E-state index is -4.33. The molecule has 1 fully saturated rings. The predicted octanol–water partition coefficient (Wildman–Crippen LogP) is 3.14. The van der Waals surface area contributed by atoms with E-state index in [4.69, 9.17) is 0 Å². The van der Waals surface area contributed by atoms with Crippen molar-refractivity contribution < 1.29 is 22.8 Å². The SMILES string of the molecule is CC(=O)C(Cc1ccccc1)NC(=O)CN1CCN(Cc2ccc(C(F)(F)F)cc2)CC1. The lowest BCUT2D eigenvalue weighted by Crippen LogP contribution is -2.51. The minimum absolute atomic E-state index is 0.0800. The van der Waals surface area contributed by atoms with Gasteiger partial charge in [-0.1, -0.05) is 42.5 Å². The van der Waals surface area contributed by atoms with Gasteiger partial charge in [-0.05, 0) is 36.6 Å². The van der Waals surface area contributed by atoms with Crippen LogP contribution in [-0.2, 0) is 28.7 Å². The molecule has 0 saturated carbocycles. The van der Waals surface area contributed by atoms with Crippen LogP contribution in [0.15, 0.2) is 54.6 Å². The number of alkyl halides is 3. The van der Waals surface area contributed by atoms with Crippen LogP contribution in [-0.4, -0.2) is 60.3 Å². The van der Waals surface area contributed by atoms with Crippen molar-refractivity contribution in [2.45, 2.75) is 32.1 Å². The maximum absolute atomic E-state index is 12.7. The van der Waals surface area contributed by atoms with Crippen LogP contribution in [0.3, 0.4) is 0 Å². The van der Waals surface area contributed by atoms with E-state index in [1.165, 1.54) is 19.1 Å². The molecule has 3 rings (SSSR count). The van der Waals surface area contributed by atoms with Crippen LogP contribution in [0.4, 0.5) is 13.2 Å². The number of hydrogen-bond acceptors (Lipinski definition) is 4. The quantitative estimate of drug-likeness (QED) is 0.676. The van der Waals surface area contributed by atoms with Gasteiger partial charge in [-0.2, -0.15) is 13.2 Å². The zero-order chi connectivity index (χ0) is 23.1. The second-order valence-electron chi connectivity index (χ2n) is 8.17. The minimum Gasteiger partial charge on any atom is -0.345 e. The molecule has 2 aromatic carbocycles. The van der Waals surface area contributed by atoms with E-state index in [1.807, 2.05) is 35.2 Å². The summed E-state index contributed by atoms with van der Waals surface area (Å²) in [5.41, 5.74) is 1.17. The largest absolute Gasteiger partial charge is 0.416 e. The lowest BCUT2D eigenvalue weighted by Gasteiger charge is -2.34. The first-order valence-corrected chi connectivity index (χ1v) is 10.7. The second-order valence-corrected chi connectivity index (χ2v) is 8.17. The molecule has 1 aliphatic rings. The normalized spacial score (nSPS) is 16.5. The van der Waals surface area contributed by atoms with Crippen LogP contribution in [0.25, 0.3) is 0 Å². The third kappa shape index (κ3) is 7.17. The van der Waals surface area contributed by atoms with Crippen molar-refractivity contribution in [2.75, 3.05) is 32.7 Å². The van der Waals surface area contributed by atoms with Crippen LogP contribution in [0.1, 0.15) is 23.6 Å². The highest BCUT2D eigenvalue weighted by atomic mass is 19.4. The molecule has 1 saturated heterocycles. The molecule has 0 radical (unpaired) electrons. The van der Waals surface area contributed by atoms with Crippen molar-refractivity contribution in [3.8, 4) is 0 Å². The third-order valence-electron chi connectivity index (χ3n) is 5.63. The van der Waals surface area contributed by atoms with Gasteiger partial charge in [0.15, 0.2) is 5.78 Å². The number of carbonyl (C=O) groups excluding carboxylic acids is 2. The van der Waals surface area contributed by atoms with Gasteiger partial charge < -0.3 is 5.32 Å². The van der Waals surface area contributed by atoms with Gasteiger partial charge in [-0.3, -0.25) is 19.4 Å². The highest BCUT2D eigenvalue weighted by molar-refractivity contribution is 5.88. The predicted molar refractivity (Wildman–Crippen MR) is 116 cm³/mol. The molecule has 0 spiro atoms. The van der Waals surface area contributed by atoms with Gasteiger partial charge in [-0.15, -0.1) is 0 Å². The van der Waals surface area contributed by atoms with Crippen LogP contribution < -0.4 is 5.32 Å². The first-order valence-electron chi connectivity index (χ1n) is 10.7. The zero-order valence-electron chi connectivity index (χ0n) is 18.1. The van der Waals surface area contributed by atoms with Crippen molar-refractivity contribution in [2.24, 2.45) is 0 Å². The fourth-order valence-electron chi connectivity index (χ4n) is 3.75. The van der Waals surface area contributed by atoms with Crippen molar-refractivity contribution >= 4 is 11.7 Å². The van der Waals surface area contributed by atoms with Crippen molar-refractivity contribution in [3.05, 3.63) is 71.3 Å². The number of Topliss-reactive ketones (excluding diaryl/α,β-unsaturated/α-hetero) is 1. The number of piperazine rings is 1. The highest BCUT2D eigenvalue weighted by Crippen LogP contribution is 2.29. The summed E-state index contributed by atoms with van der Waals surface area (Å²) in [6, 6.07) is 14.3. The standard InChI is InChI=1S/C24H28F3N3O2/c1-18(31)22(15-19-5-3-2-4-6-19)28-23(32)17-30-13-11-29(12-14-30)16-20-7-9-21(10-8-20)24(25,26)27/h2-10,22H,11-17H2,1H3,(H,28,32). The summed E-state index contributed by atoms with van der Waals surface area (Å²) in [5.74, 6) is -0.263. The Bertz CT molecular complexity index is 893. The topological polar surface area (TPSA) is 52.7 Å². The molecule has 172 valence electrons. The first-order chi connectivity index (χ1) is 15.2. The van der Waals surface area contributed by atoms with E-state index >= 15 is 0 Å². The van der Waals surface area contributed by atoms with E-state index in [-0.39, 0.29) is 18.2 Å². The van der Waals surface area contributed by atoms with E-state index in [9.17, 15) is 22.8 Å². The number of rotatable bonds is 8. The summed E-state index contributed by atoms with van der Waals surface area (Å²) in [7, 11) is 0. The smallest absolute Gasteiger partial charge is 0.345 e. The highest BCUT2D eigenvalue weighted by Gasteiger charge is 2.30. The molecule has 2 aromatic rings. The summed E-state index contributed by atoms with van der Waals surface area (Å²) in [6.07, 6.45) is -3.87. The number of hydrogen-bond donors (Lipinski definition) is 1. The summed E-state index contributed by atoms with van der Waals surface area (Å²) >= 11 is 0. The molecular weight excluding hydrogens is 419 g/mol. The van der Waals surface area contributed by atoms with E-state index in [1.54, 1.807) is 0 Å². The Morgan fingerprint density at radius 3 is 2.06 bits per heavy atom. The number of ketones is 1. The molecule has 1 amide bonds. The summed E-state index contributed by atoms with van der Waals surface area (Å²) in [6.45, 7) is 5.06. The van der Waals surface area contributed by atoms with Crippen LogP contribution in [0.5, 0.6) is 0 Å². The summed E-state index contributed by atoms with van der Waals surface area (Å²) in [5, 5.41) is 2.85. The molecule has 0 aromatic heterocycles. The molecule has 1 N–H and O–H groups in total. The van der Waals surface area contributed by atoms with E-state index < -0.39 is 17.8 Å². The molecule has 8 heteroatoms. The van der Waals surface area contributed by atoms with Gasteiger partial charge in [0.25, 0.3) is 0 Å². The van der Waals surface area contributed by atoms with Crippen LogP contribution >= 0.6 is 0 Å². The van der Waals surface area contributed by atoms with Gasteiger partial charge in [-0.25, -0.2) is 0 Å². The molecule has 1 heterocycles. The van der Waals surface area contributed by atoms with Gasteiger partial charge in [0, 0.05) is 32.7 Å². The lowest BCUT2D eigenvalue weighted by atomic mass is 10.0. The molecule has 1 atom stereocenters. The molecule has 5 nitrogen and oxygen atoms in total. The Hall–Kier alpha value is -2.71. The van der Waals surface area contributed by atoms with Gasteiger partial charge in [0.1, 0.15) is 0 Å². The fraction of sp³-hybridized carbons (Fsp3) is 0.417. The molecular formula is C24H28F3N3O2.